The molecule has 0 radical (unpaired) electrons. The van der Waals surface area contributed by atoms with Crippen LogP contribution in [-0.4, -0.2) is 46.0 Å². The largest absolute Gasteiger partial charge is 0.351 e. The van der Waals surface area contributed by atoms with Gasteiger partial charge in [-0.15, -0.1) is 0 Å². The van der Waals surface area contributed by atoms with Gasteiger partial charge in [-0.25, -0.2) is 18.7 Å². The van der Waals surface area contributed by atoms with Crippen molar-refractivity contribution < 1.29 is 8.78 Å². The number of halogens is 2. The quantitative estimate of drug-likeness (QED) is 0.693. The van der Waals surface area contributed by atoms with Gasteiger partial charge in [0.1, 0.15) is 17.8 Å². The lowest BCUT2D eigenvalue weighted by Crippen LogP contribution is -2.58. The average molecular weight is 367 g/mol. The number of benzene rings is 1. The first kappa shape index (κ1) is 17.5. The van der Waals surface area contributed by atoms with Gasteiger partial charge in [-0.2, -0.15) is 0 Å². The summed E-state index contributed by atoms with van der Waals surface area (Å²) in [4.78, 5) is 16.4. The summed E-state index contributed by atoms with van der Waals surface area (Å²) < 4.78 is 28.0. The molecule has 1 aliphatic heterocycles. The predicted molar refractivity (Wildman–Crippen MR) is 99.1 cm³/mol. The Labute approximate surface area is 156 Å². The smallest absolute Gasteiger partial charge is 0.191 e. The van der Waals surface area contributed by atoms with Crippen molar-refractivity contribution in [3.05, 3.63) is 72.3 Å². The first-order chi connectivity index (χ1) is 13.1. The summed E-state index contributed by atoms with van der Waals surface area (Å²) in [6, 6.07) is 9.90. The summed E-state index contributed by atoms with van der Waals surface area (Å²) in [7, 11) is 2.05. The van der Waals surface area contributed by atoms with E-state index in [-0.39, 0.29) is 17.3 Å². The number of hydrogen-bond acceptors (Lipinski definition) is 5. The molecule has 1 fully saturated rings. The zero-order valence-corrected chi connectivity index (χ0v) is 14.9. The standard InChI is InChI=1S/C20H19F2N5/c1-26(10-14-3-2-8-23-9-14)17-11-27(12-17)20-18(22)19(24-13-25-20)15-4-6-16(21)7-5-15/h2-9,13,17H,10-12H2,1H3. The van der Waals surface area contributed by atoms with Crippen molar-refractivity contribution in [3.63, 3.8) is 0 Å². The van der Waals surface area contributed by atoms with Crippen LogP contribution in [0.3, 0.4) is 0 Å². The molecule has 1 aromatic carbocycles. The number of rotatable bonds is 5. The molecule has 7 heteroatoms. The van der Waals surface area contributed by atoms with Crippen LogP contribution in [0.15, 0.2) is 55.1 Å². The minimum Gasteiger partial charge on any atom is -0.351 e. The molecule has 27 heavy (non-hydrogen) atoms. The molecule has 5 nitrogen and oxygen atoms in total. The number of nitrogens with zero attached hydrogens (tertiary/aromatic N) is 5. The number of likely N-dealkylation sites (N-methyl/N-ethyl adjacent to an activating group) is 1. The van der Waals surface area contributed by atoms with E-state index in [1.165, 1.54) is 30.6 Å². The number of pyridine rings is 1. The van der Waals surface area contributed by atoms with Gasteiger partial charge < -0.3 is 4.90 Å². The molecule has 4 rings (SSSR count). The highest BCUT2D eigenvalue weighted by atomic mass is 19.1. The molecule has 1 saturated heterocycles. The molecule has 0 N–H and O–H groups in total. The lowest BCUT2D eigenvalue weighted by molar-refractivity contribution is 0.195. The minimum absolute atomic E-state index is 0.187. The fourth-order valence-corrected chi connectivity index (χ4v) is 3.21. The minimum atomic E-state index is -0.475. The van der Waals surface area contributed by atoms with Crippen LogP contribution in [0.5, 0.6) is 0 Å². The van der Waals surface area contributed by atoms with Crippen LogP contribution in [0.2, 0.25) is 0 Å². The van der Waals surface area contributed by atoms with Gasteiger partial charge in [0, 0.05) is 43.6 Å². The Morgan fingerprint density at radius 3 is 2.59 bits per heavy atom. The molecule has 0 amide bonds. The summed E-state index contributed by atoms with van der Waals surface area (Å²) in [6.45, 7) is 2.17. The third-order valence-corrected chi connectivity index (χ3v) is 4.83. The normalized spacial score (nSPS) is 14.4. The van der Waals surface area contributed by atoms with E-state index in [1.807, 2.05) is 23.2 Å². The summed E-state index contributed by atoms with van der Waals surface area (Å²) >= 11 is 0. The predicted octanol–water partition coefficient (Wildman–Crippen LogP) is 3.14. The van der Waals surface area contributed by atoms with E-state index >= 15 is 0 Å². The van der Waals surface area contributed by atoms with E-state index in [0.717, 1.165) is 12.1 Å². The fourth-order valence-electron chi connectivity index (χ4n) is 3.21. The van der Waals surface area contributed by atoms with Gasteiger partial charge in [-0.3, -0.25) is 9.88 Å². The number of aromatic nitrogens is 3. The molecule has 0 spiro atoms. The van der Waals surface area contributed by atoms with Crippen LogP contribution >= 0.6 is 0 Å². The van der Waals surface area contributed by atoms with Gasteiger partial charge in [-0.1, -0.05) is 6.07 Å². The van der Waals surface area contributed by atoms with Crippen LogP contribution in [0.4, 0.5) is 14.6 Å². The highest BCUT2D eigenvalue weighted by molar-refractivity contribution is 5.64. The third-order valence-electron chi connectivity index (χ3n) is 4.83. The second-order valence-corrected chi connectivity index (χ2v) is 6.70. The van der Waals surface area contributed by atoms with Gasteiger partial charge in [0.25, 0.3) is 0 Å². The van der Waals surface area contributed by atoms with Gasteiger partial charge >= 0.3 is 0 Å². The maximum atomic E-state index is 14.9. The van der Waals surface area contributed by atoms with Crippen molar-refractivity contribution in [3.8, 4) is 11.3 Å². The van der Waals surface area contributed by atoms with Crippen LogP contribution in [-0.2, 0) is 6.54 Å². The Morgan fingerprint density at radius 1 is 1.11 bits per heavy atom. The monoisotopic (exact) mass is 367 g/mol. The summed E-state index contributed by atoms with van der Waals surface area (Å²) in [5, 5.41) is 0. The van der Waals surface area contributed by atoms with E-state index in [9.17, 15) is 8.78 Å². The SMILES string of the molecule is CN(Cc1cccnc1)C1CN(c2ncnc(-c3ccc(F)cc3)c2F)C1. The van der Waals surface area contributed by atoms with Gasteiger partial charge in [0.2, 0.25) is 0 Å². The summed E-state index contributed by atoms with van der Waals surface area (Å²) in [5.41, 5.74) is 1.86. The molecule has 0 aliphatic carbocycles. The maximum Gasteiger partial charge on any atom is 0.191 e. The van der Waals surface area contributed by atoms with Crippen molar-refractivity contribution in [2.75, 3.05) is 25.0 Å². The molecule has 3 aromatic rings. The molecule has 1 aliphatic rings. The number of anilines is 1. The van der Waals surface area contributed by atoms with Gasteiger partial charge in [-0.05, 0) is 42.9 Å². The molecule has 0 atom stereocenters. The second kappa shape index (κ2) is 7.36. The Hall–Kier alpha value is -2.93. The zero-order chi connectivity index (χ0) is 18.8. The van der Waals surface area contributed by atoms with Crippen molar-refractivity contribution in [1.82, 2.24) is 19.9 Å². The molecule has 138 valence electrons. The molecule has 0 saturated carbocycles. The fraction of sp³-hybridized carbons (Fsp3) is 0.250. The van der Waals surface area contributed by atoms with Crippen molar-refractivity contribution in [2.24, 2.45) is 0 Å². The molecule has 3 heterocycles. The lowest BCUT2D eigenvalue weighted by Gasteiger charge is -2.44. The van der Waals surface area contributed by atoms with E-state index in [0.29, 0.717) is 24.7 Å². The lowest BCUT2D eigenvalue weighted by atomic mass is 10.1. The zero-order valence-electron chi connectivity index (χ0n) is 14.9. The van der Waals surface area contributed by atoms with E-state index in [2.05, 4.69) is 26.9 Å². The van der Waals surface area contributed by atoms with Crippen molar-refractivity contribution >= 4 is 5.82 Å². The van der Waals surface area contributed by atoms with Gasteiger partial charge in [0.05, 0.1) is 0 Å². The van der Waals surface area contributed by atoms with Crippen LogP contribution < -0.4 is 4.90 Å². The third kappa shape index (κ3) is 3.64. The van der Waals surface area contributed by atoms with Crippen LogP contribution in [0.25, 0.3) is 11.3 Å². The first-order valence-electron chi connectivity index (χ1n) is 8.72. The maximum absolute atomic E-state index is 14.9. The van der Waals surface area contributed by atoms with Crippen molar-refractivity contribution in [2.45, 2.75) is 12.6 Å². The first-order valence-corrected chi connectivity index (χ1v) is 8.72. The van der Waals surface area contributed by atoms with E-state index < -0.39 is 5.82 Å². The Kier molecular flexibility index (Phi) is 4.77. The molecule has 0 bridgehead atoms. The Balaban J connectivity index is 1.45. The van der Waals surface area contributed by atoms with E-state index in [1.54, 1.807) is 6.20 Å². The summed E-state index contributed by atoms with van der Waals surface area (Å²) in [5.74, 6) is -0.552. The van der Waals surface area contributed by atoms with Gasteiger partial charge in [0.15, 0.2) is 11.6 Å². The molecule has 2 aromatic heterocycles. The van der Waals surface area contributed by atoms with Crippen LogP contribution in [0, 0.1) is 11.6 Å². The molecular formula is C20H19F2N5. The topological polar surface area (TPSA) is 45.2 Å². The van der Waals surface area contributed by atoms with Crippen LogP contribution in [0.1, 0.15) is 5.56 Å². The second-order valence-electron chi connectivity index (χ2n) is 6.70. The Morgan fingerprint density at radius 2 is 1.89 bits per heavy atom. The molecular weight excluding hydrogens is 348 g/mol. The molecule has 0 unspecified atom stereocenters. The summed E-state index contributed by atoms with van der Waals surface area (Å²) in [6.07, 6.45) is 4.96. The number of hydrogen-bond donors (Lipinski definition) is 0. The Bertz CT molecular complexity index is 911. The van der Waals surface area contributed by atoms with E-state index in [4.69, 9.17) is 0 Å². The average Bonchev–Trinajstić information content (AvgIpc) is 2.64. The van der Waals surface area contributed by atoms with Crippen molar-refractivity contribution in [1.29, 1.82) is 0 Å². The highest BCUT2D eigenvalue weighted by Gasteiger charge is 2.33. The highest BCUT2D eigenvalue weighted by Crippen LogP contribution is 2.29.